The monoisotopic (exact) mass is 2120 g/mol. The van der Waals surface area contributed by atoms with Gasteiger partial charge < -0.3 is 0 Å². The van der Waals surface area contributed by atoms with Gasteiger partial charge in [0.05, 0.1) is 4.22 Å². The SMILES string of the molecule is N=NN=NN=NN=NN=NN=NN=NN=NN=NN=NN=NN=NN=NN=NN=NN=NN=NN=NN=NN=NN=NN=NN=NN=NN=NN=NN=NN=NN=NN=NN=NN=NN=NN=NN=NN=NN=NN=NN=NN=NN=NN=NN=NN=NN=NN=NN=NN=NN=NN=NN=NN=NN=NN=NN=NN=NN=NN=NN=NN=NN=NN=NN=NN=NN=NN=NN=NN=NN=NN=NN=CI. The first-order chi connectivity index (χ1) is 71.4. The Hall–Kier alpha value is -27.6. The van der Waals surface area contributed by atoms with E-state index in [4.69, 9.17) is 5.53 Å². The first-order valence-electron chi connectivity index (χ1n) is 28.5. The lowest BCUT2D eigenvalue weighted by molar-refractivity contribution is 0.722. The molecule has 142 heteroatoms. The molecule has 0 aliphatic carbocycles. The highest BCUT2D eigenvalue weighted by molar-refractivity contribution is 14.1. The maximum Gasteiger partial charge on any atom is 0.0897 e. The summed E-state index contributed by atoms with van der Waals surface area (Å²) in [6, 6.07) is 0. The largest absolute Gasteiger partial charge is 0.183 e. The van der Waals surface area contributed by atoms with Gasteiger partial charge in [-0.2, -0.15) is 5.53 Å². The van der Waals surface area contributed by atoms with E-state index in [9.17, 15) is 0 Å². The molecule has 0 aromatic carbocycles. The molecule has 0 atom stereocenters. The summed E-state index contributed by atoms with van der Waals surface area (Å²) >= 11 is 1.81. The Kier molecular flexibility index (Phi) is 92.3. The lowest BCUT2D eigenvalue weighted by Crippen LogP contribution is -1.52. The highest BCUT2D eigenvalue weighted by Gasteiger charge is 1.84. The average Bonchev–Trinajstić information content (AvgIpc) is 1.11. The summed E-state index contributed by atoms with van der Waals surface area (Å²) in [6.07, 6.45) is 0. The second kappa shape index (κ2) is 114. The Bertz CT molecular complexity index is 5150. The molecule has 0 saturated carbocycles. The first kappa shape index (κ1) is 115. The topological polar surface area (TPSA) is 1750 Å². The smallest absolute Gasteiger partial charge is 0.0897 e. The van der Waals surface area contributed by atoms with Crippen molar-refractivity contribution in [1.29, 1.82) is 5.53 Å². The van der Waals surface area contributed by atoms with Crippen LogP contribution in [0.4, 0.5) is 0 Å². The molecule has 0 fully saturated rings. The fourth-order valence-electron chi connectivity index (χ4n) is 2.50. The third kappa shape index (κ3) is 114. The van der Waals surface area contributed by atoms with Crippen molar-refractivity contribution in [3.8, 4) is 0 Å². The van der Waals surface area contributed by atoms with Crippen molar-refractivity contribution in [2.45, 2.75) is 0 Å². The van der Waals surface area contributed by atoms with Crippen molar-refractivity contribution in [2.24, 2.45) is 731 Å². The fraction of sp³-hybridized carbons (Fsp3) is 0. The minimum Gasteiger partial charge on any atom is -0.183 e. The zero-order valence-corrected chi connectivity index (χ0v) is 66.2. The van der Waals surface area contributed by atoms with Crippen molar-refractivity contribution >= 4 is 26.8 Å². The number of nitrogens with one attached hydrogen (secondary N) is 1. The number of rotatable bonds is 70. The van der Waals surface area contributed by atoms with Crippen LogP contribution in [-0.2, 0) is 0 Å². The maximum atomic E-state index is 6.28. The molecule has 0 aliphatic rings. The van der Waals surface area contributed by atoms with E-state index in [0.717, 1.165) is 0 Å². The molecule has 141 nitrogen and oxygen atoms in total. The quantitative estimate of drug-likeness (QED) is 0.0257. The molecule has 0 aromatic heterocycles. The van der Waals surface area contributed by atoms with Crippen molar-refractivity contribution in [2.75, 3.05) is 0 Å². The number of halogens is 1. The van der Waals surface area contributed by atoms with Crippen molar-refractivity contribution in [3.05, 3.63) is 0 Å². The molecule has 0 unspecified atom stereocenters. The Labute approximate surface area is 762 Å². The van der Waals surface area contributed by atoms with Crippen LogP contribution >= 0.6 is 22.6 Å². The summed E-state index contributed by atoms with van der Waals surface area (Å²) in [7, 11) is 0. The summed E-state index contributed by atoms with van der Waals surface area (Å²) in [5.74, 6) is 0. The third-order valence-corrected chi connectivity index (χ3v) is 5.87. The molecule has 0 aromatic rings. The summed E-state index contributed by atoms with van der Waals surface area (Å²) in [5.41, 5.74) is 6.28. The van der Waals surface area contributed by atoms with Crippen LogP contribution in [0.2, 0.25) is 0 Å². The van der Waals surface area contributed by atoms with Crippen LogP contribution in [-0.4, -0.2) is 4.22 Å². The predicted octanol–water partition coefficient (Wildman–Crippen LogP) is 26.7. The van der Waals surface area contributed by atoms with Gasteiger partial charge in [-0.25, -0.2) is 0 Å². The van der Waals surface area contributed by atoms with Crippen molar-refractivity contribution in [1.82, 2.24) is 0 Å². The molecule has 0 aliphatic heterocycles. The van der Waals surface area contributed by atoms with Crippen LogP contribution < -0.4 is 0 Å². The molecule has 143 heavy (non-hydrogen) atoms. The molecule has 0 spiro atoms. The van der Waals surface area contributed by atoms with Gasteiger partial charge in [-0.3, -0.25) is 0 Å². The van der Waals surface area contributed by atoms with E-state index < -0.39 is 0 Å². The molecule has 0 amide bonds. The maximum absolute atomic E-state index is 6.28. The van der Waals surface area contributed by atoms with Crippen molar-refractivity contribution < 1.29 is 0 Å². The number of nitrogens with zero attached hydrogens (tertiary/aromatic N) is 140. The van der Waals surface area contributed by atoms with Crippen LogP contribution in [0.5, 0.6) is 0 Å². The average molecular weight is 2120 g/mol. The molecule has 718 valence electrons. The lowest BCUT2D eigenvalue weighted by atomic mass is 11.7. The van der Waals surface area contributed by atoms with Gasteiger partial charge in [-0.15, -0.1) is 5.10 Å². The van der Waals surface area contributed by atoms with E-state index in [1.54, 1.807) is 0 Å². The molecule has 0 bridgehead atoms. The zero-order chi connectivity index (χ0) is 102. The molecule has 1 N–H and O–H groups in total. The third-order valence-electron chi connectivity index (χ3n) is 5.62. The van der Waals surface area contributed by atoms with Gasteiger partial charge in [0.2, 0.25) is 0 Å². The number of hydrogen-bond donors (Lipinski definition) is 1. The molecular weight excluding hydrogens is 2110 g/mol. The highest BCUT2D eigenvalue weighted by atomic mass is 127. The Morgan fingerprint density at radius 1 is 0.0699 bits per heavy atom. The van der Waals surface area contributed by atoms with Crippen LogP contribution in [0, 0.1) is 5.53 Å². The van der Waals surface area contributed by atoms with E-state index in [2.05, 4.69) is 731 Å². The van der Waals surface area contributed by atoms with Gasteiger partial charge in [0.1, 0.15) is 0 Å². The summed E-state index contributed by atoms with van der Waals surface area (Å²) in [5, 5.41) is 420. The molecule has 0 radical (unpaired) electrons. The Morgan fingerprint density at radius 3 is 0.154 bits per heavy atom. The molecule has 0 saturated heterocycles. The summed E-state index contributed by atoms with van der Waals surface area (Å²) in [4.78, 5) is 0. The minimum atomic E-state index is 1.33. The summed E-state index contributed by atoms with van der Waals surface area (Å²) in [6.45, 7) is 0. The van der Waals surface area contributed by atoms with Crippen LogP contribution in [0.25, 0.3) is 0 Å². The lowest BCUT2D eigenvalue weighted by Gasteiger charge is -1.71. The standard InChI is InChI=1S/CH2IN141/c2-1-4-6-8-10-12-14-16-18-20-22-24-26-28-30-32-34-36-38-40-42-44-46-48-50-52-54-56-58-60-62-64-66-68-70-72-74-76-78-80-82-84-86-88-90-92-94-96-98-100-102-104-106-108-110-112-114-116-118-120-122-124-126-128-130-132-134-136-138-140-142-143-141-139-137-135-133-131-129-127-125-123-121-119-117-115-113-111-109-107-105-103-101-99-97-95-93-91-89-87-85-83-81-79-77-75-73-71-69-67-65-63-61-59-57-55-53-51-49-47-45-43-41-39-37-35-33-31-29-27-25-23-21-19-17-15-13-11-9-7-5-3/h1,3H. The van der Waals surface area contributed by atoms with Gasteiger partial charge >= 0.3 is 0 Å². The zero-order valence-electron chi connectivity index (χ0n) is 64.1. The van der Waals surface area contributed by atoms with Gasteiger partial charge in [-0.1, -0.05) is 0 Å². The van der Waals surface area contributed by atoms with E-state index >= 15 is 0 Å². The first-order valence-corrected chi connectivity index (χ1v) is 29.7. The molecule has 0 rings (SSSR count). The Balaban J connectivity index is 4.14. The molecule has 0 heterocycles. The van der Waals surface area contributed by atoms with Gasteiger partial charge in [0, 0.05) is 642 Å². The van der Waals surface area contributed by atoms with Gasteiger partial charge in [0.25, 0.3) is 0 Å². The van der Waals surface area contributed by atoms with Crippen molar-refractivity contribution in [3.63, 3.8) is 0 Å². The van der Waals surface area contributed by atoms with Crippen LogP contribution in [0.3, 0.4) is 0 Å². The van der Waals surface area contributed by atoms with Gasteiger partial charge in [0.15, 0.2) is 0 Å². The van der Waals surface area contributed by atoms with Crippen LogP contribution in [0.15, 0.2) is 731 Å². The second-order valence-electron chi connectivity index (χ2n) is 12.7. The van der Waals surface area contributed by atoms with E-state index in [0.29, 0.717) is 0 Å². The van der Waals surface area contributed by atoms with Crippen LogP contribution in [0.1, 0.15) is 0 Å². The summed E-state index contributed by atoms with van der Waals surface area (Å²) < 4.78 is 1.33. The van der Waals surface area contributed by atoms with E-state index in [-0.39, 0.29) is 0 Å². The second-order valence-corrected chi connectivity index (χ2v) is 13.2. The Morgan fingerprint density at radius 2 is 0.112 bits per heavy atom. The fourth-order valence-corrected chi connectivity index (χ4v) is 2.61. The number of hydrogen-bond acceptors (Lipinski definition) is 2. The van der Waals surface area contributed by atoms with E-state index in [1.807, 2.05) is 22.6 Å². The minimum absolute atomic E-state index is 1.33. The van der Waals surface area contributed by atoms with Gasteiger partial charge in [-0.05, 0) is 106 Å². The molecular formula is CH2IN141. The highest BCUT2D eigenvalue weighted by Crippen LogP contribution is 2.03. The normalized spacial score (nSPS) is 15.8. The predicted molar refractivity (Wildman–Crippen MR) is 363 cm³/mol. The van der Waals surface area contributed by atoms with E-state index in [1.165, 1.54) is 4.22 Å².